The van der Waals surface area contributed by atoms with E-state index in [9.17, 15) is 14.4 Å². The van der Waals surface area contributed by atoms with Crippen molar-refractivity contribution in [2.45, 2.75) is 6.92 Å². The zero-order valence-electron chi connectivity index (χ0n) is 11.4. The smallest absolute Gasteiger partial charge is 0.329 e. The van der Waals surface area contributed by atoms with E-state index in [2.05, 4.69) is 10.1 Å². The molecule has 1 aromatic carbocycles. The number of carboxylic acid groups (broad SMARTS) is 1. The number of hydrogen-bond acceptors (Lipinski definition) is 5. The Bertz CT molecular complexity index is 517. The lowest BCUT2D eigenvalue weighted by atomic mass is 10.3. The SMILES string of the molecule is CCOc1cccc(NC(=O)NC(=O)COCC(=O)O)c1. The van der Waals surface area contributed by atoms with Gasteiger partial charge in [-0.25, -0.2) is 9.59 Å². The first-order chi connectivity index (χ1) is 10.0. The number of carbonyl (C=O) groups is 3. The van der Waals surface area contributed by atoms with Crippen molar-refractivity contribution in [3.63, 3.8) is 0 Å². The summed E-state index contributed by atoms with van der Waals surface area (Å²) in [5.41, 5.74) is 0.456. The predicted molar refractivity (Wildman–Crippen MR) is 73.2 cm³/mol. The molecule has 0 aliphatic heterocycles. The number of benzene rings is 1. The number of aliphatic carboxylic acids is 1. The molecule has 0 saturated carbocycles. The molecule has 0 aliphatic carbocycles. The van der Waals surface area contributed by atoms with Crippen molar-refractivity contribution >= 4 is 23.6 Å². The average molecular weight is 296 g/mol. The van der Waals surface area contributed by atoms with Gasteiger partial charge in [-0.05, 0) is 19.1 Å². The van der Waals surface area contributed by atoms with E-state index in [1.807, 2.05) is 12.2 Å². The standard InChI is InChI=1S/C13H16N2O6/c1-2-21-10-5-3-4-9(6-10)14-13(19)15-11(16)7-20-8-12(17)18/h3-6H,2,7-8H2,1H3,(H,17,18)(H2,14,15,16,19). The molecule has 1 aromatic rings. The largest absolute Gasteiger partial charge is 0.494 e. The molecule has 3 N–H and O–H groups in total. The van der Waals surface area contributed by atoms with Crippen molar-refractivity contribution in [2.24, 2.45) is 0 Å². The summed E-state index contributed by atoms with van der Waals surface area (Å²) >= 11 is 0. The van der Waals surface area contributed by atoms with Gasteiger partial charge in [-0.15, -0.1) is 0 Å². The van der Waals surface area contributed by atoms with Crippen molar-refractivity contribution in [2.75, 3.05) is 25.1 Å². The monoisotopic (exact) mass is 296 g/mol. The minimum atomic E-state index is -1.19. The van der Waals surface area contributed by atoms with Crippen LogP contribution in [0.2, 0.25) is 0 Å². The van der Waals surface area contributed by atoms with Crippen molar-refractivity contribution in [3.05, 3.63) is 24.3 Å². The molecule has 0 bridgehead atoms. The first-order valence-corrected chi connectivity index (χ1v) is 6.14. The Kier molecular flexibility index (Phi) is 6.69. The molecule has 0 atom stereocenters. The maximum Gasteiger partial charge on any atom is 0.329 e. The Balaban J connectivity index is 2.40. The van der Waals surface area contributed by atoms with Crippen molar-refractivity contribution in [1.82, 2.24) is 5.32 Å². The van der Waals surface area contributed by atoms with Gasteiger partial charge in [0, 0.05) is 11.8 Å². The van der Waals surface area contributed by atoms with E-state index in [1.165, 1.54) is 0 Å². The van der Waals surface area contributed by atoms with E-state index in [4.69, 9.17) is 9.84 Å². The molecule has 0 radical (unpaired) electrons. The molecule has 0 unspecified atom stereocenters. The van der Waals surface area contributed by atoms with Crippen LogP contribution < -0.4 is 15.4 Å². The number of ether oxygens (including phenoxy) is 2. The van der Waals surface area contributed by atoms with Crippen LogP contribution in [0.3, 0.4) is 0 Å². The number of nitrogens with one attached hydrogen (secondary N) is 2. The van der Waals surface area contributed by atoms with Crippen LogP contribution >= 0.6 is 0 Å². The number of anilines is 1. The molecule has 1 rings (SSSR count). The molecule has 0 saturated heterocycles. The van der Waals surface area contributed by atoms with Gasteiger partial charge < -0.3 is 19.9 Å². The lowest BCUT2D eigenvalue weighted by Crippen LogP contribution is -2.37. The zero-order valence-corrected chi connectivity index (χ0v) is 11.4. The summed E-state index contributed by atoms with van der Waals surface area (Å²) in [5.74, 6) is -1.35. The van der Waals surface area contributed by atoms with Crippen molar-refractivity contribution in [3.8, 4) is 5.75 Å². The van der Waals surface area contributed by atoms with Gasteiger partial charge in [-0.1, -0.05) is 6.07 Å². The molecular weight excluding hydrogens is 280 g/mol. The molecule has 3 amide bonds. The van der Waals surface area contributed by atoms with E-state index in [0.717, 1.165) is 0 Å². The van der Waals surface area contributed by atoms with E-state index in [1.54, 1.807) is 24.3 Å². The van der Waals surface area contributed by atoms with Gasteiger partial charge in [0.05, 0.1) is 6.61 Å². The van der Waals surface area contributed by atoms with Gasteiger partial charge in [0.15, 0.2) is 0 Å². The number of carbonyl (C=O) groups excluding carboxylic acids is 2. The lowest BCUT2D eigenvalue weighted by molar-refractivity contribution is -0.143. The Labute approximate surface area is 121 Å². The maximum atomic E-state index is 11.5. The second-order valence-corrected chi connectivity index (χ2v) is 3.85. The summed E-state index contributed by atoms with van der Waals surface area (Å²) in [7, 11) is 0. The number of rotatable bonds is 7. The summed E-state index contributed by atoms with van der Waals surface area (Å²) < 4.78 is 9.82. The minimum Gasteiger partial charge on any atom is -0.494 e. The zero-order chi connectivity index (χ0) is 15.7. The van der Waals surface area contributed by atoms with E-state index in [0.29, 0.717) is 18.0 Å². The summed E-state index contributed by atoms with van der Waals surface area (Å²) in [4.78, 5) is 33.0. The van der Waals surface area contributed by atoms with Gasteiger partial charge in [0.25, 0.3) is 5.91 Å². The number of urea groups is 1. The fourth-order valence-electron chi connectivity index (χ4n) is 1.39. The summed E-state index contributed by atoms with van der Waals surface area (Å²) in [6.45, 7) is 1.21. The molecule has 114 valence electrons. The number of amides is 3. The minimum absolute atomic E-state index is 0.456. The highest BCUT2D eigenvalue weighted by atomic mass is 16.5. The summed E-state index contributed by atoms with van der Waals surface area (Å²) in [6.07, 6.45) is 0. The van der Waals surface area contributed by atoms with Crippen LogP contribution in [0.1, 0.15) is 6.92 Å². The van der Waals surface area contributed by atoms with Crippen LogP contribution in [0.15, 0.2) is 24.3 Å². The Morgan fingerprint density at radius 2 is 2.00 bits per heavy atom. The molecule has 0 aliphatic rings. The maximum absolute atomic E-state index is 11.5. The lowest BCUT2D eigenvalue weighted by Gasteiger charge is -2.08. The van der Waals surface area contributed by atoms with Gasteiger partial charge in [-0.2, -0.15) is 0 Å². The third-order valence-corrected chi connectivity index (χ3v) is 2.11. The van der Waals surface area contributed by atoms with Gasteiger partial charge in [0.2, 0.25) is 0 Å². The van der Waals surface area contributed by atoms with E-state index >= 15 is 0 Å². The quantitative estimate of drug-likeness (QED) is 0.687. The highest BCUT2D eigenvalue weighted by Crippen LogP contribution is 2.16. The second-order valence-electron chi connectivity index (χ2n) is 3.85. The molecular formula is C13H16N2O6. The second kappa shape index (κ2) is 8.54. The van der Waals surface area contributed by atoms with Crippen LogP contribution in [0.25, 0.3) is 0 Å². The molecule has 0 aromatic heterocycles. The summed E-state index contributed by atoms with van der Waals surface area (Å²) in [5, 5.41) is 12.8. The molecule has 0 fully saturated rings. The first-order valence-electron chi connectivity index (χ1n) is 6.14. The first kappa shape index (κ1) is 16.4. The number of hydrogen-bond donors (Lipinski definition) is 3. The fraction of sp³-hybridized carbons (Fsp3) is 0.308. The highest BCUT2D eigenvalue weighted by molar-refractivity contribution is 6.01. The van der Waals surface area contributed by atoms with Crippen molar-refractivity contribution in [1.29, 1.82) is 0 Å². The third kappa shape index (κ3) is 6.92. The molecule has 0 heterocycles. The number of carboxylic acids is 1. The fourth-order valence-corrected chi connectivity index (χ4v) is 1.39. The number of imide groups is 1. The molecule has 8 heteroatoms. The van der Waals surface area contributed by atoms with E-state index < -0.39 is 31.1 Å². The van der Waals surface area contributed by atoms with Crippen LogP contribution in [0.5, 0.6) is 5.75 Å². The van der Waals surface area contributed by atoms with Crippen LogP contribution in [0.4, 0.5) is 10.5 Å². The Morgan fingerprint density at radius 1 is 1.24 bits per heavy atom. The Hall–Kier alpha value is -2.61. The molecule has 8 nitrogen and oxygen atoms in total. The summed E-state index contributed by atoms with van der Waals surface area (Å²) in [6, 6.07) is 5.92. The van der Waals surface area contributed by atoms with Crippen LogP contribution in [-0.4, -0.2) is 42.8 Å². The predicted octanol–water partition coefficient (Wildman–Crippen LogP) is 0.835. The van der Waals surface area contributed by atoms with Gasteiger partial charge in [-0.3, -0.25) is 10.1 Å². The average Bonchev–Trinajstić information content (AvgIpc) is 2.38. The van der Waals surface area contributed by atoms with Crippen LogP contribution in [0, 0.1) is 0 Å². The Morgan fingerprint density at radius 3 is 2.67 bits per heavy atom. The van der Waals surface area contributed by atoms with Gasteiger partial charge in [0.1, 0.15) is 19.0 Å². The van der Waals surface area contributed by atoms with E-state index in [-0.39, 0.29) is 0 Å². The third-order valence-electron chi connectivity index (χ3n) is 2.11. The topological polar surface area (TPSA) is 114 Å². The normalized spacial score (nSPS) is 9.76. The van der Waals surface area contributed by atoms with Crippen molar-refractivity contribution < 1.29 is 29.0 Å². The van der Waals surface area contributed by atoms with Crippen LogP contribution in [-0.2, 0) is 14.3 Å². The van der Waals surface area contributed by atoms with Gasteiger partial charge >= 0.3 is 12.0 Å². The molecule has 21 heavy (non-hydrogen) atoms. The highest BCUT2D eigenvalue weighted by Gasteiger charge is 2.09. The molecule has 0 spiro atoms.